The molecular weight excluding hydrogens is 387 g/mol. The van der Waals surface area contributed by atoms with E-state index in [-0.39, 0.29) is 12.3 Å². The lowest BCUT2D eigenvalue weighted by molar-refractivity contribution is -0.274. The molecule has 0 amide bonds. The van der Waals surface area contributed by atoms with Crippen molar-refractivity contribution in [3.05, 3.63) is 66.5 Å². The Morgan fingerprint density at radius 3 is 2.52 bits per heavy atom. The number of benzene rings is 2. The first-order valence-electron chi connectivity index (χ1n) is 8.59. The van der Waals surface area contributed by atoms with Crippen LogP contribution in [0.4, 0.5) is 19.0 Å². The van der Waals surface area contributed by atoms with Crippen molar-refractivity contribution < 1.29 is 27.8 Å². The summed E-state index contributed by atoms with van der Waals surface area (Å²) in [4.78, 5) is 8.26. The number of aliphatic hydroxyl groups excluding tert-OH is 1. The van der Waals surface area contributed by atoms with Crippen molar-refractivity contribution in [2.45, 2.75) is 12.5 Å². The van der Waals surface area contributed by atoms with E-state index in [4.69, 9.17) is 4.74 Å². The maximum atomic E-state index is 12.4. The first-order valence-corrected chi connectivity index (χ1v) is 8.59. The summed E-state index contributed by atoms with van der Waals surface area (Å²) >= 11 is 0. The van der Waals surface area contributed by atoms with E-state index < -0.39 is 18.2 Å². The Labute approximate surface area is 165 Å². The van der Waals surface area contributed by atoms with E-state index in [1.165, 1.54) is 25.6 Å². The van der Waals surface area contributed by atoms with Gasteiger partial charge in [-0.25, -0.2) is 9.97 Å². The first kappa shape index (κ1) is 20.4. The second-order valence-electron chi connectivity index (χ2n) is 6.01. The van der Waals surface area contributed by atoms with Crippen LogP contribution in [-0.4, -0.2) is 35.1 Å². The number of nitrogens with zero attached hydrogens (tertiary/aromatic N) is 2. The van der Waals surface area contributed by atoms with E-state index in [0.717, 1.165) is 11.6 Å². The molecule has 0 aliphatic rings. The molecule has 0 unspecified atom stereocenters. The Balaban J connectivity index is 1.76. The van der Waals surface area contributed by atoms with Crippen LogP contribution in [-0.2, 0) is 0 Å². The van der Waals surface area contributed by atoms with Crippen molar-refractivity contribution in [3.8, 4) is 22.8 Å². The molecule has 0 fully saturated rings. The second-order valence-corrected chi connectivity index (χ2v) is 6.01. The molecule has 152 valence electrons. The Kier molecular flexibility index (Phi) is 6.18. The predicted molar refractivity (Wildman–Crippen MR) is 101 cm³/mol. The lowest BCUT2D eigenvalue weighted by Crippen LogP contribution is -2.17. The van der Waals surface area contributed by atoms with Crippen LogP contribution in [0, 0.1) is 0 Å². The number of hydrogen-bond donors (Lipinski definition) is 2. The Hall–Kier alpha value is -3.33. The molecule has 0 saturated heterocycles. The molecule has 3 rings (SSSR count). The lowest BCUT2D eigenvalue weighted by atomic mass is 10.1. The zero-order valence-electron chi connectivity index (χ0n) is 15.3. The van der Waals surface area contributed by atoms with E-state index in [9.17, 15) is 18.3 Å². The maximum Gasteiger partial charge on any atom is 0.573 e. The number of alkyl halides is 3. The van der Waals surface area contributed by atoms with Crippen LogP contribution in [0.1, 0.15) is 11.7 Å². The standard InChI is InChI=1S/C20H18F3N3O3/c1-28-18-9-14(29-20(21,22)23)7-8-15(18)16-10-19(26-12-25-16)24-11-17(27)13-5-3-2-4-6-13/h2-10,12,17,27H,11H2,1H3,(H,24,25,26)/t17-/m0/s1. The van der Waals surface area contributed by atoms with Crippen LogP contribution in [0.15, 0.2) is 60.9 Å². The van der Waals surface area contributed by atoms with Gasteiger partial charge in [0.15, 0.2) is 0 Å². The Morgan fingerprint density at radius 2 is 1.83 bits per heavy atom. The summed E-state index contributed by atoms with van der Waals surface area (Å²) in [5, 5.41) is 13.3. The fourth-order valence-electron chi connectivity index (χ4n) is 2.68. The van der Waals surface area contributed by atoms with Crippen LogP contribution in [0.2, 0.25) is 0 Å². The molecule has 9 heteroatoms. The molecule has 6 nitrogen and oxygen atoms in total. The fraction of sp³-hybridized carbons (Fsp3) is 0.200. The van der Waals surface area contributed by atoms with Gasteiger partial charge in [0.1, 0.15) is 23.6 Å². The number of methoxy groups -OCH3 is 1. The highest BCUT2D eigenvalue weighted by Gasteiger charge is 2.31. The van der Waals surface area contributed by atoms with Crippen LogP contribution < -0.4 is 14.8 Å². The van der Waals surface area contributed by atoms with Gasteiger partial charge in [0.2, 0.25) is 0 Å². The van der Waals surface area contributed by atoms with Gasteiger partial charge in [-0.05, 0) is 17.7 Å². The zero-order valence-corrected chi connectivity index (χ0v) is 15.3. The van der Waals surface area contributed by atoms with Crippen molar-refractivity contribution in [1.82, 2.24) is 9.97 Å². The van der Waals surface area contributed by atoms with Crippen LogP contribution in [0.3, 0.4) is 0 Å². The largest absolute Gasteiger partial charge is 0.573 e. The van der Waals surface area contributed by atoms with Crippen LogP contribution >= 0.6 is 0 Å². The summed E-state index contributed by atoms with van der Waals surface area (Å²) in [7, 11) is 1.34. The van der Waals surface area contributed by atoms with Gasteiger partial charge < -0.3 is 19.9 Å². The molecule has 1 heterocycles. The number of hydrogen-bond acceptors (Lipinski definition) is 6. The third-order valence-corrected chi connectivity index (χ3v) is 4.01. The number of nitrogens with one attached hydrogen (secondary N) is 1. The van der Waals surface area contributed by atoms with E-state index in [2.05, 4.69) is 20.0 Å². The molecule has 0 radical (unpaired) electrons. The molecule has 0 saturated carbocycles. The Morgan fingerprint density at radius 1 is 1.07 bits per heavy atom. The smallest absolute Gasteiger partial charge is 0.496 e. The molecule has 1 atom stereocenters. The van der Waals surface area contributed by atoms with Crippen LogP contribution in [0.25, 0.3) is 11.3 Å². The highest BCUT2D eigenvalue weighted by Crippen LogP contribution is 2.34. The van der Waals surface area contributed by atoms with Crippen molar-refractivity contribution in [1.29, 1.82) is 0 Å². The summed E-state index contributed by atoms with van der Waals surface area (Å²) in [5.74, 6) is 0.222. The predicted octanol–water partition coefficient (Wildman–Crippen LogP) is 4.20. The number of ether oxygens (including phenoxy) is 2. The van der Waals surface area contributed by atoms with Crippen molar-refractivity contribution in [2.24, 2.45) is 0 Å². The molecule has 1 aromatic heterocycles. The third-order valence-electron chi connectivity index (χ3n) is 4.01. The molecule has 0 aliphatic heterocycles. The number of aliphatic hydroxyl groups is 1. The maximum absolute atomic E-state index is 12.4. The van der Waals surface area contributed by atoms with Gasteiger partial charge >= 0.3 is 6.36 Å². The van der Waals surface area contributed by atoms with E-state index in [1.54, 1.807) is 6.07 Å². The summed E-state index contributed by atoms with van der Waals surface area (Å²) in [6, 6.07) is 14.5. The average molecular weight is 405 g/mol. The minimum Gasteiger partial charge on any atom is -0.496 e. The van der Waals surface area contributed by atoms with Gasteiger partial charge in [-0.3, -0.25) is 0 Å². The molecule has 2 aromatic carbocycles. The van der Waals surface area contributed by atoms with Gasteiger partial charge in [0.25, 0.3) is 0 Å². The van der Waals surface area contributed by atoms with Gasteiger partial charge in [-0.2, -0.15) is 0 Å². The Bertz CT molecular complexity index is 952. The van der Waals surface area contributed by atoms with E-state index in [0.29, 0.717) is 17.1 Å². The SMILES string of the molecule is COc1cc(OC(F)(F)F)ccc1-c1cc(NC[C@H](O)c2ccccc2)ncn1. The highest BCUT2D eigenvalue weighted by molar-refractivity contribution is 5.70. The monoisotopic (exact) mass is 405 g/mol. The minimum atomic E-state index is -4.79. The van der Waals surface area contributed by atoms with Gasteiger partial charge in [-0.1, -0.05) is 30.3 Å². The quantitative estimate of drug-likeness (QED) is 0.614. The van der Waals surface area contributed by atoms with Gasteiger partial charge in [0.05, 0.1) is 18.9 Å². The first-order chi connectivity index (χ1) is 13.9. The lowest BCUT2D eigenvalue weighted by Gasteiger charge is -2.14. The van der Waals surface area contributed by atoms with Crippen molar-refractivity contribution in [3.63, 3.8) is 0 Å². The van der Waals surface area contributed by atoms with Crippen molar-refractivity contribution >= 4 is 5.82 Å². The molecule has 0 aliphatic carbocycles. The summed E-state index contributed by atoms with van der Waals surface area (Å²) < 4.78 is 46.3. The zero-order chi connectivity index (χ0) is 20.9. The minimum absolute atomic E-state index is 0.167. The molecule has 0 bridgehead atoms. The number of aromatic nitrogens is 2. The third kappa shape index (κ3) is 5.58. The van der Waals surface area contributed by atoms with Gasteiger partial charge in [0, 0.05) is 24.2 Å². The second kappa shape index (κ2) is 8.78. The van der Waals surface area contributed by atoms with Gasteiger partial charge in [-0.15, -0.1) is 13.2 Å². The van der Waals surface area contributed by atoms with E-state index in [1.807, 2.05) is 30.3 Å². The van der Waals surface area contributed by atoms with Crippen molar-refractivity contribution in [2.75, 3.05) is 19.0 Å². The molecule has 3 aromatic rings. The molecule has 29 heavy (non-hydrogen) atoms. The highest BCUT2D eigenvalue weighted by atomic mass is 19.4. The number of halogens is 3. The number of rotatable bonds is 7. The average Bonchev–Trinajstić information content (AvgIpc) is 2.71. The summed E-state index contributed by atoms with van der Waals surface area (Å²) in [6.45, 7) is 0.218. The molecular formula is C20H18F3N3O3. The topological polar surface area (TPSA) is 76.5 Å². The molecule has 0 spiro atoms. The normalized spacial score (nSPS) is 12.3. The summed E-state index contributed by atoms with van der Waals surface area (Å²) in [5.41, 5.74) is 1.67. The fourth-order valence-corrected chi connectivity index (χ4v) is 2.68. The number of anilines is 1. The van der Waals surface area contributed by atoms with E-state index >= 15 is 0 Å². The van der Waals surface area contributed by atoms with Crippen LogP contribution in [0.5, 0.6) is 11.5 Å². The summed E-state index contributed by atoms with van der Waals surface area (Å²) in [6.07, 6.45) is -4.22. The molecule has 2 N–H and O–H groups in total.